The van der Waals surface area contributed by atoms with Gasteiger partial charge in [-0.3, -0.25) is 4.79 Å². The topological polar surface area (TPSA) is 63.3 Å². The molecule has 1 aromatic rings. The van der Waals surface area contributed by atoms with E-state index >= 15 is 0 Å². The fourth-order valence-electron chi connectivity index (χ4n) is 1.64. The summed E-state index contributed by atoms with van der Waals surface area (Å²) in [6.45, 7) is 3.24. The third kappa shape index (κ3) is 2.58. The molecule has 0 radical (unpaired) electrons. The molecule has 0 aromatic heterocycles. The van der Waals surface area contributed by atoms with Crippen molar-refractivity contribution in [2.75, 3.05) is 6.54 Å². The molecular formula is C12H16FNO2. The van der Waals surface area contributed by atoms with Gasteiger partial charge in [-0.15, -0.1) is 0 Å². The lowest BCUT2D eigenvalue weighted by molar-refractivity contribution is -0.138. The quantitative estimate of drug-likeness (QED) is 0.825. The van der Waals surface area contributed by atoms with Crippen molar-refractivity contribution in [3.63, 3.8) is 0 Å². The maximum atomic E-state index is 13.1. The molecule has 0 bridgehead atoms. The van der Waals surface area contributed by atoms with Gasteiger partial charge < -0.3 is 10.8 Å². The Labute approximate surface area is 94.1 Å². The van der Waals surface area contributed by atoms with Crippen LogP contribution in [-0.2, 0) is 4.79 Å². The van der Waals surface area contributed by atoms with Crippen molar-refractivity contribution >= 4 is 5.97 Å². The molecule has 0 saturated carbocycles. The van der Waals surface area contributed by atoms with E-state index < -0.39 is 18.1 Å². The van der Waals surface area contributed by atoms with Gasteiger partial charge in [0.15, 0.2) is 0 Å². The molecule has 1 rings (SSSR count). The first-order chi connectivity index (χ1) is 7.47. The van der Waals surface area contributed by atoms with Crippen molar-refractivity contribution < 1.29 is 14.3 Å². The second-order valence-electron chi connectivity index (χ2n) is 3.86. The Morgan fingerprint density at radius 2 is 2.19 bits per heavy atom. The number of hydrogen-bond acceptors (Lipinski definition) is 2. The van der Waals surface area contributed by atoms with Crippen LogP contribution < -0.4 is 5.73 Å². The van der Waals surface area contributed by atoms with Gasteiger partial charge in [-0.05, 0) is 30.5 Å². The summed E-state index contributed by atoms with van der Waals surface area (Å²) in [7, 11) is 0. The second-order valence-corrected chi connectivity index (χ2v) is 3.86. The smallest absolute Gasteiger partial charge is 0.312 e. The number of carboxylic acids is 1. The van der Waals surface area contributed by atoms with Crippen LogP contribution in [0.2, 0.25) is 0 Å². The van der Waals surface area contributed by atoms with Crippen LogP contribution >= 0.6 is 0 Å². The van der Waals surface area contributed by atoms with E-state index in [-0.39, 0.29) is 6.54 Å². The predicted molar refractivity (Wildman–Crippen MR) is 60.1 cm³/mol. The van der Waals surface area contributed by atoms with Crippen LogP contribution in [0.4, 0.5) is 4.39 Å². The molecule has 0 aliphatic carbocycles. The number of benzene rings is 1. The molecule has 0 spiro atoms. The number of alkyl halides is 1. The summed E-state index contributed by atoms with van der Waals surface area (Å²) >= 11 is 0. The highest BCUT2D eigenvalue weighted by Gasteiger charge is 2.20. The molecule has 16 heavy (non-hydrogen) atoms. The summed E-state index contributed by atoms with van der Waals surface area (Å²) in [5.41, 5.74) is 7.33. The number of aliphatic carboxylic acids is 1. The number of aryl methyl sites for hydroxylation is 1. The molecule has 0 heterocycles. The van der Waals surface area contributed by atoms with Crippen molar-refractivity contribution in [2.24, 2.45) is 5.73 Å². The van der Waals surface area contributed by atoms with Gasteiger partial charge in [-0.25, -0.2) is 4.39 Å². The molecule has 0 saturated heterocycles. The monoisotopic (exact) mass is 225 g/mol. The summed E-state index contributed by atoms with van der Waals surface area (Å²) < 4.78 is 13.1. The summed E-state index contributed by atoms with van der Waals surface area (Å²) in [4.78, 5) is 11.0. The van der Waals surface area contributed by atoms with Crippen LogP contribution in [-0.4, -0.2) is 17.6 Å². The van der Waals surface area contributed by atoms with Crippen molar-refractivity contribution in [3.05, 3.63) is 34.9 Å². The fourth-order valence-corrected chi connectivity index (χ4v) is 1.64. The summed E-state index contributed by atoms with van der Waals surface area (Å²) in [5, 5.41) is 9.01. The van der Waals surface area contributed by atoms with Crippen LogP contribution in [0.1, 0.15) is 35.7 Å². The fraction of sp³-hybridized carbons (Fsp3) is 0.417. The molecule has 4 heteroatoms. The summed E-state index contributed by atoms with van der Waals surface area (Å²) in [6.07, 6.45) is -1.11. The molecule has 0 fully saturated rings. The van der Waals surface area contributed by atoms with Gasteiger partial charge in [-0.1, -0.05) is 18.2 Å². The molecule has 2 unspecified atom stereocenters. The number of nitrogens with two attached hydrogens (primary N) is 1. The van der Waals surface area contributed by atoms with Gasteiger partial charge in [0.2, 0.25) is 0 Å². The number of carbonyl (C=O) groups is 1. The highest BCUT2D eigenvalue weighted by Crippen LogP contribution is 2.25. The molecule has 1 aromatic carbocycles. The van der Waals surface area contributed by atoms with Crippen molar-refractivity contribution in [1.29, 1.82) is 0 Å². The highest BCUT2D eigenvalue weighted by atomic mass is 19.1. The Morgan fingerprint density at radius 1 is 1.56 bits per heavy atom. The van der Waals surface area contributed by atoms with Crippen LogP contribution in [0, 0.1) is 6.92 Å². The zero-order valence-electron chi connectivity index (χ0n) is 9.40. The number of carboxylic acid groups (broad SMARTS) is 1. The van der Waals surface area contributed by atoms with E-state index in [4.69, 9.17) is 10.8 Å². The van der Waals surface area contributed by atoms with Gasteiger partial charge in [0.05, 0.1) is 5.92 Å². The SMILES string of the molecule is Cc1ccc(C(C)F)cc1C(CN)C(=O)O. The Balaban J connectivity index is 3.19. The van der Waals surface area contributed by atoms with Gasteiger partial charge in [-0.2, -0.15) is 0 Å². The molecule has 0 aliphatic heterocycles. The lowest BCUT2D eigenvalue weighted by atomic mass is 9.92. The Bertz CT molecular complexity index is 391. The normalized spacial score (nSPS) is 14.5. The number of hydrogen-bond donors (Lipinski definition) is 2. The molecule has 0 aliphatic rings. The average Bonchev–Trinajstić information content (AvgIpc) is 2.20. The molecule has 3 N–H and O–H groups in total. The number of rotatable bonds is 4. The Hall–Kier alpha value is -1.42. The average molecular weight is 225 g/mol. The molecule has 0 amide bonds. The van der Waals surface area contributed by atoms with E-state index in [2.05, 4.69) is 0 Å². The van der Waals surface area contributed by atoms with E-state index in [1.807, 2.05) is 0 Å². The summed E-state index contributed by atoms with van der Waals surface area (Å²) in [5.74, 6) is -1.74. The molecule has 88 valence electrons. The van der Waals surface area contributed by atoms with Crippen molar-refractivity contribution in [1.82, 2.24) is 0 Å². The lowest BCUT2D eigenvalue weighted by Crippen LogP contribution is -2.22. The van der Waals surface area contributed by atoms with Crippen LogP contribution in [0.5, 0.6) is 0 Å². The minimum absolute atomic E-state index is 0.0142. The van der Waals surface area contributed by atoms with E-state index in [1.54, 1.807) is 25.1 Å². The zero-order valence-corrected chi connectivity index (χ0v) is 9.40. The first kappa shape index (κ1) is 12.6. The van der Waals surface area contributed by atoms with E-state index in [9.17, 15) is 9.18 Å². The van der Waals surface area contributed by atoms with E-state index in [0.717, 1.165) is 5.56 Å². The maximum Gasteiger partial charge on any atom is 0.312 e. The van der Waals surface area contributed by atoms with E-state index in [1.165, 1.54) is 6.92 Å². The zero-order chi connectivity index (χ0) is 12.3. The number of halogens is 1. The minimum atomic E-state index is -1.11. The van der Waals surface area contributed by atoms with Gasteiger partial charge in [0, 0.05) is 6.54 Å². The third-order valence-corrected chi connectivity index (χ3v) is 2.67. The standard InChI is InChI=1S/C12H16FNO2/c1-7-3-4-9(8(2)13)5-10(7)11(6-14)12(15)16/h3-5,8,11H,6,14H2,1-2H3,(H,15,16). The van der Waals surface area contributed by atoms with Crippen LogP contribution in [0.25, 0.3) is 0 Å². The van der Waals surface area contributed by atoms with Crippen LogP contribution in [0.15, 0.2) is 18.2 Å². The van der Waals surface area contributed by atoms with E-state index in [0.29, 0.717) is 11.1 Å². The first-order valence-corrected chi connectivity index (χ1v) is 5.14. The third-order valence-electron chi connectivity index (χ3n) is 2.67. The molecule has 3 nitrogen and oxygen atoms in total. The van der Waals surface area contributed by atoms with Gasteiger partial charge >= 0.3 is 5.97 Å². The maximum absolute atomic E-state index is 13.1. The Morgan fingerprint density at radius 3 is 2.62 bits per heavy atom. The van der Waals surface area contributed by atoms with Crippen molar-refractivity contribution in [2.45, 2.75) is 25.9 Å². The largest absolute Gasteiger partial charge is 0.481 e. The predicted octanol–water partition coefficient (Wildman–Crippen LogP) is 2.15. The second kappa shape index (κ2) is 5.07. The van der Waals surface area contributed by atoms with Gasteiger partial charge in [0.1, 0.15) is 6.17 Å². The Kier molecular flexibility index (Phi) is 4.01. The molecular weight excluding hydrogens is 209 g/mol. The van der Waals surface area contributed by atoms with Gasteiger partial charge in [0.25, 0.3) is 0 Å². The minimum Gasteiger partial charge on any atom is -0.481 e. The van der Waals surface area contributed by atoms with Crippen LogP contribution in [0.3, 0.4) is 0 Å². The lowest BCUT2D eigenvalue weighted by Gasteiger charge is -2.15. The first-order valence-electron chi connectivity index (χ1n) is 5.14. The van der Waals surface area contributed by atoms with Crippen molar-refractivity contribution in [3.8, 4) is 0 Å². The highest BCUT2D eigenvalue weighted by molar-refractivity contribution is 5.77. The summed E-state index contributed by atoms with van der Waals surface area (Å²) in [6, 6.07) is 4.98. The molecule has 2 atom stereocenters.